The van der Waals surface area contributed by atoms with E-state index in [1.54, 1.807) is 0 Å². The van der Waals surface area contributed by atoms with E-state index in [0.717, 1.165) is 48.1 Å². The predicted octanol–water partition coefficient (Wildman–Crippen LogP) is 5.98. The van der Waals surface area contributed by atoms with E-state index >= 15 is 0 Å². The van der Waals surface area contributed by atoms with Crippen molar-refractivity contribution in [2.45, 2.75) is 38.4 Å². The molecule has 2 aromatic carbocycles. The van der Waals surface area contributed by atoms with Crippen LogP contribution in [0.25, 0.3) is 11.1 Å². The van der Waals surface area contributed by atoms with Crippen molar-refractivity contribution < 1.29 is 13.2 Å². The van der Waals surface area contributed by atoms with Gasteiger partial charge in [-0.1, -0.05) is 56.2 Å². The molecule has 0 bridgehead atoms. The normalized spacial score (nSPS) is 12.6. The zero-order valence-electron chi connectivity index (χ0n) is 12.9. The predicted molar refractivity (Wildman–Crippen MR) is 90.6 cm³/mol. The number of halogens is 4. The monoisotopic (exact) mass is 343 g/mol. The Hall–Kier alpha value is -1.52. The first-order chi connectivity index (χ1) is 10.4. The van der Waals surface area contributed by atoms with Crippen LogP contribution < -0.4 is 5.73 Å². The first kappa shape index (κ1) is 19.5. The fraction of sp³-hybridized carbons (Fsp3) is 0.333. The highest BCUT2D eigenvalue weighted by molar-refractivity contribution is 5.85. The molecule has 0 aliphatic heterocycles. The minimum absolute atomic E-state index is 0. The van der Waals surface area contributed by atoms with Crippen LogP contribution in [0.2, 0.25) is 0 Å². The quantitative estimate of drug-likeness (QED) is 0.709. The molecular formula is C18H21ClF3N. The third-order valence-corrected chi connectivity index (χ3v) is 3.75. The van der Waals surface area contributed by atoms with Crippen molar-refractivity contribution in [2.75, 3.05) is 0 Å². The summed E-state index contributed by atoms with van der Waals surface area (Å²) in [4.78, 5) is 0. The van der Waals surface area contributed by atoms with Crippen LogP contribution in [-0.2, 0) is 6.18 Å². The summed E-state index contributed by atoms with van der Waals surface area (Å²) in [5, 5.41) is 0. The molecule has 2 aromatic rings. The Morgan fingerprint density at radius 1 is 0.913 bits per heavy atom. The van der Waals surface area contributed by atoms with Crippen molar-refractivity contribution in [1.29, 1.82) is 0 Å². The van der Waals surface area contributed by atoms with E-state index < -0.39 is 11.7 Å². The topological polar surface area (TPSA) is 26.0 Å². The van der Waals surface area contributed by atoms with Gasteiger partial charge in [-0.3, -0.25) is 0 Å². The molecule has 1 nitrogen and oxygen atoms in total. The molecule has 1 atom stereocenters. The van der Waals surface area contributed by atoms with E-state index in [4.69, 9.17) is 5.73 Å². The average Bonchev–Trinajstić information content (AvgIpc) is 2.52. The average molecular weight is 344 g/mol. The third kappa shape index (κ3) is 5.26. The van der Waals surface area contributed by atoms with Gasteiger partial charge >= 0.3 is 6.18 Å². The summed E-state index contributed by atoms with van der Waals surface area (Å²) in [7, 11) is 0. The minimum Gasteiger partial charge on any atom is -0.324 e. The third-order valence-electron chi connectivity index (χ3n) is 3.75. The van der Waals surface area contributed by atoms with Gasteiger partial charge in [0.05, 0.1) is 5.56 Å². The SMILES string of the molecule is CCCC[C@@H](N)c1ccc(-c2ccc(C(F)(F)F)cc2)cc1.Cl. The number of rotatable bonds is 5. The van der Waals surface area contributed by atoms with E-state index in [2.05, 4.69) is 6.92 Å². The van der Waals surface area contributed by atoms with Gasteiger partial charge in [0.1, 0.15) is 0 Å². The molecule has 0 saturated heterocycles. The maximum Gasteiger partial charge on any atom is 0.416 e. The first-order valence-corrected chi connectivity index (χ1v) is 7.45. The molecule has 2 rings (SSSR count). The van der Waals surface area contributed by atoms with E-state index in [0.29, 0.717) is 0 Å². The van der Waals surface area contributed by atoms with Gasteiger partial charge in [0.2, 0.25) is 0 Å². The summed E-state index contributed by atoms with van der Waals surface area (Å²) >= 11 is 0. The van der Waals surface area contributed by atoms with Crippen LogP contribution in [0.4, 0.5) is 13.2 Å². The molecule has 126 valence electrons. The second kappa shape index (κ2) is 8.37. The molecule has 0 radical (unpaired) electrons. The van der Waals surface area contributed by atoms with E-state index in [1.807, 2.05) is 24.3 Å². The zero-order chi connectivity index (χ0) is 16.2. The lowest BCUT2D eigenvalue weighted by Gasteiger charge is -2.12. The molecule has 0 heterocycles. The highest BCUT2D eigenvalue weighted by Gasteiger charge is 2.29. The fourth-order valence-corrected chi connectivity index (χ4v) is 2.37. The van der Waals surface area contributed by atoms with Crippen molar-refractivity contribution >= 4 is 12.4 Å². The van der Waals surface area contributed by atoms with Crippen LogP contribution in [0, 0.1) is 0 Å². The molecule has 23 heavy (non-hydrogen) atoms. The Morgan fingerprint density at radius 3 is 1.83 bits per heavy atom. The molecule has 0 aromatic heterocycles. The second-order valence-corrected chi connectivity index (χ2v) is 5.45. The number of hydrogen-bond acceptors (Lipinski definition) is 1. The van der Waals surface area contributed by atoms with Crippen molar-refractivity contribution in [3.05, 3.63) is 59.7 Å². The summed E-state index contributed by atoms with van der Waals surface area (Å²) < 4.78 is 37.7. The smallest absolute Gasteiger partial charge is 0.324 e. The highest BCUT2D eigenvalue weighted by Crippen LogP contribution is 2.31. The van der Waals surface area contributed by atoms with Gasteiger partial charge in [-0.25, -0.2) is 0 Å². The standard InChI is InChI=1S/C18H20F3N.ClH/c1-2-3-4-17(22)15-7-5-13(6-8-15)14-9-11-16(12-10-14)18(19,20)21;/h5-12,17H,2-4,22H2,1H3;1H/t17-;/m1./s1. The maximum absolute atomic E-state index is 12.6. The molecule has 0 aliphatic rings. The molecule has 0 amide bonds. The second-order valence-electron chi connectivity index (χ2n) is 5.45. The van der Waals surface area contributed by atoms with E-state index in [9.17, 15) is 13.2 Å². The summed E-state index contributed by atoms with van der Waals surface area (Å²) in [5.74, 6) is 0. The number of nitrogens with two attached hydrogens (primary N) is 1. The summed E-state index contributed by atoms with van der Waals surface area (Å²) in [5.41, 5.74) is 8.20. The number of unbranched alkanes of at least 4 members (excludes halogenated alkanes) is 1. The molecule has 0 fully saturated rings. The Labute approximate surface area is 141 Å². The van der Waals surface area contributed by atoms with Crippen LogP contribution in [0.5, 0.6) is 0 Å². The van der Waals surface area contributed by atoms with Crippen molar-refractivity contribution in [2.24, 2.45) is 5.73 Å². The minimum atomic E-state index is -4.30. The first-order valence-electron chi connectivity index (χ1n) is 7.45. The zero-order valence-corrected chi connectivity index (χ0v) is 13.8. The molecule has 0 unspecified atom stereocenters. The van der Waals surface area contributed by atoms with Gasteiger partial charge in [-0.05, 0) is 35.2 Å². The van der Waals surface area contributed by atoms with Gasteiger partial charge in [0.15, 0.2) is 0 Å². The van der Waals surface area contributed by atoms with Gasteiger partial charge in [0, 0.05) is 6.04 Å². The molecule has 0 aliphatic carbocycles. The van der Waals surface area contributed by atoms with Crippen LogP contribution in [0.3, 0.4) is 0 Å². The van der Waals surface area contributed by atoms with Crippen molar-refractivity contribution in [3.63, 3.8) is 0 Å². The maximum atomic E-state index is 12.6. The largest absolute Gasteiger partial charge is 0.416 e. The Kier molecular flexibility index (Phi) is 7.10. The molecular weight excluding hydrogens is 323 g/mol. The number of alkyl halides is 3. The van der Waals surface area contributed by atoms with Crippen molar-refractivity contribution in [3.8, 4) is 11.1 Å². The van der Waals surface area contributed by atoms with Gasteiger partial charge in [-0.2, -0.15) is 13.2 Å². The molecule has 2 N–H and O–H groups in total. The van der Waals surface area contributed by atoms with Gasteiger partial charge in [0.25, 0.3) is 0 Å². The Bertz CT molecular complexity index is 591. The van der Waals surface area contributed by atoms with Crippen LogP contribution in [-0.4, -0.2) is 0 Å². The van der Waals surface area contributed by atoms with Crippen molar-refractivity contribution in [1.82, 2.24) is 0 Å². The highest BCUT2D eigenvalue weighted by atomic mass is 35.5. The number of hydrogen-bond donors (Lipinski definition) is 1. The summed E-state index contributed by atoms with van der Waals surface area (Å²) in [6, 6.07) is 12.9. The number of benzene rings is 2. The Balaban J connectivity index is 0.00000264. The summed E-state index contributed by atoms with van der Waals surface area (Å²) in [6.45, 7) is 2.13. The lowest BCUT2D eigenvalue weighted by Crippen LogP contribution is -2.09. The van der Waals surface area contributed by atoms with E-state index in [1.165, 1.54) is 12.1 Å². The molecule has 0 spiro atoms. The fourth-order valence-electron chi connectivity index (χ4n) is 2.37. The van der Waals surface area contributed by atoms with Crippen LogP contribution >= 0.6 is 12.4 Å². The van der Waals surface area contributed by atoms with Crippen LogP contribution in [0.15, 0.2) is 48.5 Å². The van der Waals surface area contributed by atoms with E-state index in [-0.39, 0.29) is 18.4 Å². The van der Waals surface area contributed by atoms with Crippen LogP contribution in [0.1, 0.15) is 43.4 Å². The molecule has 0 saturated carbocycles. The van der Waals surface area contributed by atoms with Gasteiger partial charge < -0.3 is 5.73 Å². The summed E-state index contributed by atoms with van der Waals surface area (Å²) in [6.07, 6.45) is -1.16. The lowest BCUT2D eigenvalue weighted by molar-refractivity contribution is -0.137. The Morgan fingerprint density at radius 2 is 1.39 bits per heavy atom. The van der Waals surface area contributed by atoms with Gasteiger partial charge in [-0.15, -0.1) is 12.4 Å². The molecule has 5 heteroatoms. The lowest BCUT2D eigenvalue weighted by atomic mass is 9.98.